The summed E-state index contributed by atoms with van der Waals surface area (Å²) >= 11 is 6.43. The monoisotopic (exact) mass is 385 g/mol. The molecule has 0 saturated carbocycles. The first-order valence-corrected chi connectivity index (χ1v) is 9.48. The fourth-order valence-corrected chi connectivity index (χ4v) is 3.89. The first-order valence-electron chi connectivity index (χ1n) is 9.10. The fraction of sp³-hybridized carbons (Fsp3) is 0.286. The minimum Gasteiger partial charge on any atom is -0.395 e. The third-order valence-electron chi connectivity index (χ3n) is 5.09. The summed E-state index contributed by atoms with van der Waals surface area (Å²) in [5.74, 6) is -0.277. The van der Waals surface area contributed by atoms with Crippen molar-refractivity contribution in [3.05, 3.63) is 71.1 Å². The van der Waals surface area contributed by atoms with E-state index in [1.54, 1.807) is 16.8 Å². The SMILES string of the molecule is OC[C@@H]1CCCN1Cc1cn(-c2ccc(F)cc2)nc1-c1ccccc1Cl. The zero-order chi connectivity index (χ0) is 18.8. The Hall–Kier alpha value is -2.21. The highest BCUT2D eigenvalue weighted by atomic mass is 35.5. The van der Waals surface area contributed by atoms with Crippen molar-refractivity contribution >= 4 is 11.6 Å². The first-order chi connectivity index (χ1) is 13.2. The highest BCUT2D eigenvalue weighted by Crippen LogP contribution is 2.32. The van der Waals surface area contributed by atoms with Crippen molar-refractivity contribution in [1.82, 2.24) is 14.7 Å². The van der Waals surface area contributed by atoms with Crippen molar-refractivity contribution in [3.63, 3.8) is 0 Å². The second kappa shape index (κ2) is 7.80. The Kier molecular flexibility index (Phi) is 5.25. The van der Waals surface area contributed by atoms with E-state index in [1.165, 1.54) is 12.1 Å². The topological polar surface area (TPSA) is 41.3 Å². The zero-order valence-corrected chi connectivity index (χ0v) is 15.6. The maximum absolute atomic E-state index is 13.3. The molecule has 27 heavy (non-hydrogen) atoms. The summed E-state index contributed by atoms with van der Waals surface area (Å²) in [5, 5.41) is 15.0. The van der Waals surface area contributed by atoms with Crippen LogP contribution >= 0.6 is 11.6 Å². The van der Waals surface area contributed by atoms with Crippen molar-refractivity contribution in [2.24, 2.45) is 0 Å². The lowest BCUT2D eigenvalue weighted by Crippen LogP contribution is -2.31. The van der Waals surface area contributed by atoms with Crippen molar-refractivity contribution in [1.29, 1.82) is 0 Å². The summed E-state index contributed by atoms with van der Waals surface area (Å²) in [7, 11) is 0. The van der Waals surface area contributed by atoms with Crippen LogP contribution in [0.5, 0.6) is 0 Å². The molecule has 1 fully saturated rings. The highest BCUT2D eigenvalue weighted by Gasteiger charge is 2.26. The van der Waals surface area contributed by atoms with Gasteiger partial charge in [0, 0.05) is 29.9 Å². The van der Waals surface area contributed by atoms with Gasteiger partial charge in [-0.05, 0) is 49.7 Å². The standard InChI is InChI=1S/C21H21ClFN3O/c22-20-6-2-1-5-19(20)21-15(12-25-11-3-4-18(25)14-27)13-26(24-21)17-9-7-16(23)8-10-17/h1-2,5-10,13,18,27H,3-4,11-12,14H2/t18-/m0/s1. The number of halogens is 2. The van der Waals surface area contributed by atoms with Gasteiger partial charge in [0.05, 0.1) is 23.0 Å². The van der Waals surface area contributed by atoms with Gasteiger partial charge in [-0.1, -0.05) is 29.8 Å². The number of likely N-dealkylation sites (tertiary alicyclic amines) is 1. The summed E-state index contributed by atoms with van der Waals surface area (Å²) in [6, 6.07) is 14.1. The average molecular weight is 386 g/mol. The molecule has 0 amide bonds. The van der Waals surface area contributed by atoms with Crippen LogP contribution < -0.4 is 0 Å². The molecule has 0 radical (unpaired) electrons. The van der Waals surface area contributed by atoms with E-state index in [0.717, 1.165) is 41.9 Å². The molecule has 0 aliphatic carbocycles. The molecule has 1 aromatic heterocycles. The summed E-state index contributed by atoms with van der Waals surface area (Å²) < 4.78 is 15.0. The van der Waals surface area contributed by atoms with Crippen LogP contribution in [-0.2, 0) is 6.54 Å². The Morgan fingerprint density at radius 1 is 1.15 bits per heavy atom. The maximum atomic E-state index is 13.3. The lowest BCUT2D eigenvalue weighted by Gasteiger charge is -2.22. The van der Waals surface area contributed by atoms with Gasteiger partial charge in [-0.3, -0.25) is 4.90 Å². The Labute approximate surface area is 162 Å². The molecule has 4 rings (SSSR count). The Balaban J connectivity index is 1.75. The van der Waals surface area contributed by atoms with Crippen molar-refractivity contribution in [2.75, 3.05) is 13.2 Å². The van der Waals surface area contributed by atoms with E-state index in [4.69, 9.17) is 16.7 Å². The van der Waals surface area contributed by atoms with Gasteiger partial charge < -0.3 is 5.11 Å². The summed E-state index contributed by atoms with van der Waals surface area (Å²) in [5.41, 5.74) is 3.51. The zero-order valence-electron chi connectivity index (χ0n) is 14.9. The van der Waals surface area contributed by atoms with Gasteiger partial charge in [0.2, 0.25) is 0 Å². The van der Waals surface area contributed by atoms with Crippen LogP contribution in [0.15, 0.2) is 54.7 Å². The Morgan fingerprint density at radius 3 is 2.67 bits per heavy atom. The van der Waals surface area contributed by atoms with E-state index in [-0.39, 0.29) is 18.5 Å². The lowest BCUT2D eigenvalue weighted by atomic mass is 10.1. The molecule has 0 spiro atoms. The predicted molar refractivity (Wildman–Crippen MR) is 104 cm³/mol. The number of hydrogen-bond acceptors (Lipinski definition) is 3. The smallest absolute Gasteiger partial charge is 0.123 e. The summed E-state index contributed by atoms with van der Waals surface area (Å²) in [4.78, 5) is 2.28. The molecule has 1 N–H and O–H groups in total. The summed E-state index contributed by atoms with van der Waals surface area (Å²) in [6.45, 7) is 1.80. The number of aliphatic hydroxyl groups excluding tert-OH is 1. The van der Waals surface area contributed by atoms with Gasteiger partial charge in [0.15, 0.2) is 0 Å². The molecule has 6 heteroatoms. The van der Waals surface area contributed by atoms with Crippen LogP contribution in [0.1, 0.15) is 18.4 Å². The van der Waals surface area contributed by atoms with Gasteiger partial charge in [-0.25, -0.2) is 9.07 Å². The van der Waals surface area contributed by atoms with Gasteiger partial charge in [-0.2, -0.15) is 5.10 Å². The molecule has 2 aromatic carbocycles. The molecule has 1 aliphatic heterocycles. The predicted octanol–water partition coefficient (Wildman–Crippen LogP) is 4.29. The van der Waals surface area contributed by atoms with Gasteiger partial charge in [-0.15, -0.1) is 0 Å². The molecule has 1 aliphatic rings. The number of aromatic nitrogens is 2. The van der Waals surface area contributed by atoms with Crippen molar-refractivity contribution in [2.45, 2.75) is 25.4 Å². The van der Waals surface area contributed by atoms with E-state index < -0.39 is 0 Å². The summed E-state index contributed by atoms with van der Waals surface area (Å²) in [6.07, 6.45) is 4.06. The number of aliphatic hydroxyl groups is 1. The number of hydrogen-bond donors (Lipinski definition) is 1. The lowest BCUT2D eigenvalue weighted by molar-refractivity contribution is 0.154. The van der Waals surface area contributed by atoms with Gasteiger partial charge in [0.25, 0.3) is 0 Å². The van der Waals surface area contributed by atoms with Crippen LogP contribution in [0.2, 0.25) is 5.02 Å². The van der Waals surface area contributed by atoms with Crippen LogP contribution in [0.25, 0.3) is 16.9 Å². The molecule has 140 valence electrons. The fourth-order valence-electron chi connectivity index (χ4n) is 3.66. The van der Waals surface area contributed by atoms with E-state index in [0.29, 0.717) is 11.6 Å². The van der Waals surface area contributed by atoms with Crippen molar-refractivity contribution < 1.29 is 9.50 Å². The quantitative estimate of drug-likeness (QED) is 0.712. The normalized spacial score (nSPS) is 17.5. The Morgan fingerprint density at radius 2 is 1.93 bits per heavy atom. The van der Waals surface area contributed by atoms with Crippen LogP contribution in [-0.4, -0.2) is 39.0 Å². The van der Waals surface area contributed by atoms with Gasteiger partial charge >= 0.3 is 0 Å². The van der Waals surface area contributed by atoms with Crippen LogP contribution in [0, 0.1) is 5.82 Å². The third kappa shape index (κ3) is 3.76. The highest BCUT2D eigenvalue weighted by molar-refractivity contribution is 6.33. The van der Waals surface area contributed by atoms with E-state index in [9.17, 15) is 9.50 Å². The second-order valence-electron chi connectivity index (χ2n) is 6.85. The number of rotatable bonds is 5. The average Bonchev–Trinajstić information content (AvgIpc) is 3.30. The van der Waals surface area contributed by atoms with Crippen LogP contribution in [0.4, 0.5) is 4.39 Å². The van der Waals surface area contributed by atoms with Crippen LogP contribution in [0.3, 0.4) is 0 Å². The van der Waals surface area contributed by atoms with E-state index >= 15 is 0 Å². The number of nitrogens with zero attached hydrogens (tertiary/aromatic N) is 3. The Bertz CT molecular complexity index is 925. The minimum atomic E-state index is -0.277. The molecule has 1 saturated heterocycles. The molecule has 0 unspecified atom stereocenters. The largest absolute Gasteiger partial charge is 0.395 e. The number of benzene rings is 2. The van der Waals surface area contributed by atoms with Crippen molar-refractivity contribution in [3.8, 4) is 16.9 Å². The molecule has 0 bridgehead atoms. The van der Waals surface area contributed by atoms with Gasteiger partial charge in [0.1, 0.15) is 5.82 Å². The minimum absolute atomic E-state index is 0.160. The molecular weight excluding hydrogens is 365 g/mol. The molecule has 4 nitrogen and oxygen atoms in total. The molecule has 1 atom stereocenters. The van der Waals surface area contributed by atoms with E-state index in [1.807, 2.05) is 30.5 Å². The third-order valence-corrected chi connectivity index (χ3v) is 5.42. The molecular formula is C21H21ClFN3O. The molecule has 3 aromatic rings. The first kappa shape index (κ1) is 18.2. The maximum Gasteiger partial charge on any atom is 0.123 e. The molecule has 2 heterocycles. The second-order valence-corrected chi connectivity index (χ2v) is 7.26. The van der Waals surface area contributed by atoms with E-state index in [2.05, 4.69) is 4.90 Å².